The van der Waals surface area contributed by atoms with Gasteiger partial charge in [0, 0.05) is 36.0 Å². The highest BCUT2D eigenvalue weighted by Gasteiger charge is 2.37. The third kappa shape index (κ3) is 2.35. The molecule has 5 nitrogen and oxygen atoms in total. The van der Waals surface area contributed by atoms with Crippen molar-refractivity contribution in [3.05, 3.63) is 29.0 Å². The summed E-state index contributed by atoms with van der Waals surface area (Å²) in [7, 11) is 0. The molecule has 0 radical (unpaired) electrons. The van der Waals surface area contributed by atoms with Gasteiger partial charge in [-0.2, -0.15) is 0 Å². The van der Waals surface area contributed by atoms with Gasteiger partial charge in [0.25, 0.3) is 0 Å². The van der Waals surface area contributed by atoms with Crippen LogP contribution in [0.15, 0.2) is 29.0 Å². The van der Waals surface area contributed by atoms with Crippen LogP contribution in [0.25, 0.3) is 10.9 Å². The van der Waals surface area contributed by atoms with E-state index in [-0.39, 0.29) is 5.92 Å². The number of hydrogen-bond donors (Lipinski definition) is 0. The van der Waals surface area contributed by atoms with Gasteiger partial charge in [0.2, 0.25) is 5.91 Å². The molecular weight excluding hydrogens is 344 g/mol. The molecule has 0 spiro atoms. The van der Waals surface area contributed by atoms with E-state index in [1.807, 2.05) is 23.1 Å². The minimum Gasteiger partial charge on any atom is -0.354 e. The number of benzene rings is 1. The molecule has 0 N–H and O–H groups in total. The van der Waals surface area contributed by atoms with Gasteiger partial charge in [-0.25, -0.2) is 9.97 Å². The molecule has 0 bridgehead atoms. The first kappa shape index (κ1) is 13.9. The Morgan fingerprint density at radius 2 is 1.95 bits per heavy atom. The largest absolute Gasteiger partial charge is 0.354 e. The lowest BCUT2D eigenvalue weighted by molar-refractivity contribution is -0.135. The summed E-state index contributed by atoms with van der Waals surface area (Å²) in [4.78, 5) is 25.3. The van der Waals surface area contributed by atoms with Gasteiger partial charge in [-0.3, -0.25) is 4.79 Å². The van der Waals surface area contributed by atoms with Crippen molar-refractivity contribution in [3.63, 3.8) is 0 Å². The van der Waals surface area contributed by atoms with Gasteiger partial charge in [0.15, 0.2) is 0 Å². The van der Waals surface area contributed by atoms with Crippen LogP contribution in [0, 0.1) is 5.92 Å². The van der Waals surface area contributed by atoms with Crippen LogP contribution in [-0.4, -0.2) is 47.0 Å². The van der Waals surface area contributed by atoms with E-state index in [1.54, 1.807) is 6.33 Å². The maximum Gasteiger partial charge on any atom is 0.229 e. The van der Waals surface area contributed by atoms with Gasteiger partial charge >= 0.3 is 0 Å². The number of likely N-dealkylation sites (tertiary alicyclic amines) is 1. The first-order valence-corrected chi connectivity index (χ1v) is 8.46. The summed E-state index contributed by atoms with van der Waals surface area (Å²) in [6, 6.07) is 6.01. The van der Waals surface area contributed by atoms with E-state index in [4.69, 9.17) is 0 Å². The van der Waals surface area contributed by atoms with Crippen LogP contribution in [-0.2, 0) is 4.79 Å². The summed E-state index contributed by atoms with van der Waals surface area (Å²) in [6.07, 6.45) is 3.89. The predicted molar refractivity (Wildman–Crippen MR) is 88.8 cm³/mol. The molecular formula is C16H17BrN4O. The molecule has 2 aliphatic rings. The second-order valence-corrected chi connectivity index (χ2v) is 6.91. The molecule has 114 valence electrons. The Bertz CT molecular complexity index is 723. The summed E-state index contributed by atoms with van der Waals surface area (Å²) in [5.74, 6) is 1.36. The minimum absolute atomic E-state index is 0.121. The number of hydrogen-bond acceptors (Lipinski definition) is 4. The van der Waals surface area contributed by atoms with E-state index in [0.717, 1.165) is 60.2 Å². The third-order valence-corrected chi connectivity index (χ3v) is 5.02. The lowest BCUT2D eigenvalue weighted by Crippen LogP contribution is -2.54. The summed E-state index contributed by atoms with van der Waals surface area (Å²) >= 11 is 3.50. The number of aromatic nitrogens is 2. The highest BCUT2D eigenvalue weighted by Crippen LogP contribution is 2.31. The lowest BCUT2D eigenvalue weighted by atomic mass is 9.98. The number of rotatable bonds is 2. The average molecular weight is 361 g/mol. The van der Waals surface area contributed by atoms with Crippen molar-refractivity contribution in [1.29, 1.82) is 0 Å². The molecule has 0 unspecified atom stereocenters. The standard InChI is InChI=1S/C16H17BrN4O/c17-12-3-4-14-13(7-12)15(19-10-18-14)21-8-11(9-21)16(22)20-5-1-2-6-20/h3-4,7,10-11H,1-2,5-6,8-9H2. The zero-order valence-electron chi connectivity index (χ0n) is 12.2. The normalized spacial score (nSPS) is 18.8. The molecule has 6 heteroatoms. The molecule has 1 aromatic heterocycles. The van der Waals surface area contributed by atoms with E-state index in [1.165, 1.54) is 0 Å². The van der Waals surface area contributed by atoms with E-state index in [0.29, 0.717) is 5.91 Å². The van der Waals surface area contributed by atoms with Crippen LogP contribution in [0.2, 0.25) is 0 Å². The average Bonchev–Trinajstić information content (AvgIpc) is 3.00. The smallest absolute Gasteiger partial charge is 0.229 e. The molecule has 2 aromatic rings. The van der Waals surface area contributed by atoms with Crippen molar-refractivity contribution in [3.8, 4) is 0 Å². The minimum atomic E-state index is 0.121. The summed E-state index contributed by atoms with van der Waals surface area (Å²) in [6.45, 7) is 3.37. The molecule has 4 rings (SSSR count). The Morgan fingerprint density at radius 1 is 1.18 bits per heavy atom. The van der Waals surface area contributed by atoms with Gasteiger partial charge < -0.3 is 9.80 Å². The van der Waals surface area contributed by atoms with Gasteiger partial charge in [-0.05, 0) is 31.0 Å². The van der Waals surface area contributed by atoms with Crippen LogP contribution in [0.5, 0.6) is 0 Å². The number of halogens is 1. The Labute approximate surface area is 137 Å². The summed E-state index contributed by atoms with van der Waals surface area (Å²) in [5.41, 5.74) is 0.933. The second kappa shape index (κ2) is 5.50. The maximum atomic E-state index is 12.4. The molecule has 2 saturated heterocycles. The fourth-order valence-corrected chi connectivity index (χ4v) is 3.63. The predicted octanol–water partition coefficient (Wildman–Crippen LogP) is 2.45. The van der Waals surface area contributed by atoms with Crippen LogP contribution >= 0.6 is 15.9 Å². The molecule has 1 amide bonds. The van der Waals surface area contributed by atoms with Crippen molar-refractivity contribution in [2.75, 3.05) is 31.1 Å². The number of amides is 1. The van der Waals surface area contributed by atoms with Crippen LogP contribution in [0.1, 0.15) is 12.8 Å². The van der Waals surface area contributed by atoms with Crippen molar-refractivity contribution in [2.45, 2.75) is 12.8 Å². The number of fused-ring (bicyclic) bond motifs is 1. The lowest BCUT2D eigenvalue weighted by Gasteiger charge is -2.41. The Kier molecular flexibility index (Phi) is 3.48. The van der Waals surface area contributed by atoms with Crippen molar-refractivity contribution in [1.82, 2.24) is 14.9 Å². The number of carbonyl (C=O) groups is 1. The van der Waals surface area contributed by atoms with E-state index in [9.17, 15) is 4.79 Å². The zero-order valence-corrected chi connectivity index (χ0v) is 13.8. The Balaban J connectivity index is 1.53. The molecule has 0 atom stereocenters. The van der Waals surface area contributed by atoms with E-state index >= 15 is 0 Å². The Morgan fingerprint density at radius 3 is 2.73 bits per heavy atom. The van der Waals surface area contributed by atoms with Gasteiger partial charge in [0.1, 0.15) is 12.1 Å². The van der Waals surface area contributed by atoms with Crippen LogP contribution < -0.4 is 4.90 Å². The van der Waals surface area contributed by atoms with Gasteiger partial charge in [-0.15, -0.1) is 0 Å². The third-order valence-electron chi connectivity index (χ3n) is 4.52. The van der Waals surface area contributed by atoms with Crippen molar-refractivity contribution in [2.24, 2.45) is 5.92 Å². The fraction of sp³-hybridized carbons (Fsp3) is 0.438. The molecule has 1 aromatic carbocycles. The van der Waals surface area contributed by atoms with Crippen molar-refractivity contribution < 1.29 is 4.79 Å². The molecule has 3 heterocycles. The SMILES string of the molecule is O=C(C1CN(c2ncnc3ccc(Br)cc23)C1)N1CCCC1. The molecule has 2 aliphatic heterocycles. The van der Waals surface area contributed by atoms with Gasteiger partial charge in [-0.1, -0.05) is 15.9 Å². The molecule has 0 aliphatic carbocycles. The monoisotopic (exact) mass is 360 g/mol. The molecule has 2 fully saturated rings. The van der Waals surface area contributed by atoms with Crippen molar-refractivity contribution >= 4 is 38.6 Å². The fourth-order valence-electron chi connectivity index (χ4n) is 3.27. The van der Waals surface area contributed by atoms with Crippen LogP contribution in [0.3, 0.4) is 0 Å². The first-order valence-electron chi connectivity index (χ1n) is 7.66. The number of anilines is 1. The Hall–Kier alpha value is -1.69. The molecule has 22 heavy (non-hydrogen) atoms. The quantitative estimate of drug-likeness (QED) is 0.825. The topological polar surface area (TPSA) is 49.3 Å². The zero-order chi connectivity index (χ0) is 15.1. The van der Waals surface area contributed by atoms with E-state index in [2.05, 4.69) is 30.8 Å². The maximum absolute atomic E-state index is 12.4. The molecule has 0 saturated carbocycles. The highest BCUT2D eigenvalue weighted by atomic mass is 79.9. The number of carbonyl (C=O) groups excluding carboxylic acids is 1. The summed E-state index contributed by atoms with van der Waals surface area (Å²) < 4.78 is 1.02. The van der Waals surface area contributed by atoms with Crippen LogP contribution in [0.4, 0.5) is 5.82 Å². The highest BCUT2D eigenvalue weighted by molar-refractivity contribution is 9.10. The first-order chi connectivity index (χ1) is 10.7. The number of nitrogens with zero attached hydrogens (tertiary/aromatic N) is 4. The van der Waals surface area contributed by atoms with E-state index < -0.39 is 0 Å². The second-order valence-electron chi connectivity index (χ2n) is 5.99. The van der Waals surface area contributed by atoms with Gasteiger partial charge in [0.05, 0.1) is 11.4 Å². The summed E-state index contributed by atoms with van der Waals surface area (Å²) in [5, 5.41) is 1.03.